The molecular formula is C13H17F4N. The van der Waals surface area contributed by atoms with Gasteiger partial charge in [-0.1, -0.05) is 19.9 Å². The van der Waals surface area contributed by atoms with E-state index in [4.69, 9.17) is 0 Å². The maximum Gasteiger partial charge on any atom is 0.419 e. The Morgan fingerprint density at radius 1 is 1.17 bits per heavy atom. The van der Waals surface area contributed by atoms with E-state index in [1.54, 1.807) is 7.05 Å². The molecule has 0 amide bonds. The zero-order valence-electron chi connectivity index (χ0n) is 10.7. The van der Waals surface area contributed by atoms with Crippen LogP contribution in [0.5, 0.6) is 0 Å². The molecule has 18 heavy (non-hydrogen) atoms. The van der Waals surface area contributed by atoms with E-state index in [2.05, 4.69) is 5.32 Å². The van der Waals surface area contributed by atoms with Gasteiger partial charge in [0.2, 0.25) is 0 Å². The third-order valence-corrected chi connectivity index (χ3v) is 3.06. The van der Waals surface area contributed by atoms with Gasteiger partial charge in [0.1, 0.15) is 5.82 Å². The minimum Gasteiger partial charge on any atom is -0.320 e. The molecule has 5 heteroatoms. The molecular weight excluding hydrogens is 246 g/mol. The maximum atomic E-state index is 13.5. The van der Waals surface area contributed by atoms with Crippen molar-refractivity contribution in [1.82, 2.24) is 5.32 Å². The molecule has 0 unspecified atom stereocenters. The molecule has 1 aromatic rings. The van der Waals surface area contributed by atoms with E-state index in [1.807, 2.05) is 13.8 Å². The van der Waals surface area contributed by atoms with Gasteiger partial charge in [-0.25, -0.2) is 4.39 Å². The molecule has 0 bridgehead atoms. The van der Waals surface area contributed by atoms with Crippen LogP contribution >= 0.6 is 0 Å². The van der Waals surface area contributed by atoms with Crippen molar-refractivity contribution in [2.45, 2.75) is 31.9 Å². The van der Waals surface area contributed by atoms with Gasteiger partial charge in [-0.15, -0.1) is 0 Å². The maximum absolute atomic E-state index is 13.5. The number of benzene rings is 1. The van der Waals surface area contributed by atoms with E-state index in [9.17, 15) is 17.6 Å². The Hall–Kier alpha value is -1.10. The standard InChI is InChI=1S/C13H17F4N/c1-12(2,6-7-18-3)9-4-5-10(11(14)8-9)13(15,16)17/h4-5,8,18H,6-7H2,1-3H3. The van der Waals surface area contributed by atoms with Gasteiger partial charge in [-0.3, -0.25) is 0 Å². The molecule has 0 aromatic heterocycles. The Labute approximate surface area is 104 Å². The number of alkyl halides is 3. The molecule has 1 nitrogen and oxygen atoms in total. The van der Waals surface area contributed by atoms with Gasteiger partial charge in [-0.2, -0.15) is 13.2 Å². The van der Waals surface area contributed by atoms with Crippen LogP contribution in [0.4, 0.5) is 17.6 Å². The third-order valence-electron chi connectivity index (χ3n) is 3.06. The quantitative estimate of drug-likeness (QED) is 0.816. The average Bonchev–Trinajstić information content (AvgIpc) is 2.24. The highest BCUT2D eigenvalue weighted by Gasteiger charge is 2.34. The van der Waals surface area contributed by atoms with Crippen LogP contribution in [0.3, 0.4) is 0 Å². The van der Waals surface area contributed by atoms with Gasteiger partial charge < -0.3 is 5.32 Å². The molecule has 0 heterocycles. The van der Waals surface area contributed by atoms with E-state index in [-0.39, 0.29) is 5.41 Å². The Balaban J connectivity index is 3.04. The van der Waals surface area contributed by atoms with Crippen molar-refractivity contribution in [3.63, 3.8) is 0 Å². The number of halogens is 4. The van der Waals surface area contributed by atoms with Gasteiger partial charge in [0.15, 0.2) is 0 Å². The first-order valence-corrected chi connectivity index (χ1v) is 5.70. The van der Waals surface area contributed by atoms with E-state index in [1.165, 1.54) is 6.07 Å². The fourth-order valence-corrected chi connectivity index (χ4v) is 1.75. The van der Waals surface area contributed by atoms with Gasteiger partial charge >= 0.3 is 6.18 Å². The molecule has 102 valence electrons. The Bertz CT molecular complexity index is 410. The summed E-state index contributed by atoms with van der Waals surface area (Å²) in [6, 6.07) is 3.14. The molecule has 0 atom stereocenters. The van der Waals surface area contributed by atoms with Crippen molar-refractivity contribution in [1.29, 1.82) is 0 Å². The van der Waals surface area contributed by atoms with Crippen LogP contribution < -0.4 is 5.32 Å². The second-order valence-corrected chi connectivity index (χ2v) is 4.93. The Morgan fingerprint density at radius 3 is 2.22 bits per heavy atom. The predicted molar refractivity (Wildman–Crippen MR) is 63.0 cm³/mol. The number of hydrogen-bond donors (Lipinski definition) is 1. The normalized spacial score (nSPS) is 12.8. The van der Waals surface area contributed by atoms with Crippen LogP contribution in [0.2, 0.25) is 0 Å². The second-order valence-electron chi connectivity index (χ2n) is 4.93. The summed E-state index contributed by atoms with van der Waals surface area (Å²) >= 11 is 0. The first-order valence-electron chi connectivity index (χ1n) is 5.70. The summed E-state index contributed by atoms with van der Waals surface area (Å²) in [6.45, 7) is 4.48. The summed E-state index contributed by atoms with van der Waals surface area (Å²) in [7, 11) is 1.80. The van der Waals surface area contributed by atoms with Crippen molar-refractivity contribution in [2.24, 2.45) is 0 Å². The summed E-state index contributed by atoms with van der Waals surface area (Å²) < 4.78 is 50.8. The highest BCUT2D eigenvalue weighted by molar-refractivity contribution is 5.31. The highest BCUT2D eigenvalue weighted by atomic mass is 19.4. The van der Waals surface area contributed by atoms with E-state index < -0.39 is 17.6 Å². The molecule has 0 aliphatic rings. The van der Waals surface area contributed by atoms with Gasteiger partial charge in [0.25, 0.3) is 0 Å². The van der Waals surface area contributed by atoms with Gasteiger partial charge in [0, 0.05) is 0 Å². The SMILES string of the molecule is CNCCC(C)(C)c1ccc(C(F)(F)F)c(F)c1. The predicted octanol–water partition coefficient (Wildman–Crippen LogP) is 3.73. The van der Waals surface area contributed by atoms with E-state index >= 15 is 0 Å². The third kappa shape index (κ3) is 3.45. The minimum atomic E-state index is -4.64. The zero-order valence-corrected chi connectivity index (χ0v) is 10.7. The van der Waals surface area contributed by atoms with Gasteiger partial charge in [-0.05, 0) is 43.1 Å². The van der Waals surface area contributed by atoms with Crippen molar-refractivity contribution >= 4 is 0 Å². The summed E-state index contributed by atoms with van der Waals surface area (Å²) in [5.74, 6) is -1.21. The summed E-state index contributed by atoms with van der Waals surface area (Å²) in [6.07, 6.45) is -3.92. The molecule has 0 aliphatic heterocycles. The van der Waals surface area contributed by atoms with E-state index in [0.29, 0.717) is 12.0 Å². The Kier molecular flexibility index (Phi) is 4.37. The fraction of sp³-hybridized carbons (Fsp3) is 0.538. The van der Waals surface area contributed by atoms with Crippen LogP contribution in [-0.4, -0.2) is 13.6 Å². The minimum absolute atomic E-state index is 0.367. The lowest BCUT2D eigenvalue weighted by Crippen LogP contribution is -2.24. The number of nitrogens with one attached hydrogen (secondary N) is 1. The molecule has 1 N–H and O–H groups in total. The van der Waals surface area contributed by atoms with Crippen molar-refractivity contribution in [3.05, 3.63) is 35.1 Å². The molecule has 1 aromatic carbocycles. The van der Waals surface area contributed by atoms with Crippen LogP contribution in [0.25, 0.3) is 0 Å². The molecule has 0 fully saturated rings. The Morgan fingerprint density at radius 2 is 1.78 bits per heavy atom. The second kappa shape index (κ2) is 5.26. The lowest BCUT2D eigenvalue weighted by atomic mass is 9.81. The van der Waals surface area contributed by atoms with Crippen LogP contribution in [0.15, 0.2) is 18.2 Å². The van der Waals surface area contributed by atoms with Crippen LogP contribution in [0, 0.1) is 5.82 Å². The largest absolute Gasteiger partial charge is 0.419 e. The average molecular weight is 263 g/mol. The fourth-order valence-electron chi connectivity index (χ4n) is 1.75. The van der Waals surface area contributed by atoms with Crippen molar-refractivity contribution in [3.8, 4) is 0 Å². The summed E-state index contributed by atoms with van der Waals surface area (Å²) in [4.78, 5) is 0. The molecule has 0 aliphatic carbocycles. The van der Waals surface area contributed by atoms with Crippen molar-refractivity contribution < 1.29 is 17.6 Å². The molecule has 0 saturated heterocycles. The highest BCUT2D eigenvalue weighted by Crippen LogP contribution is 2.34. The topological polar surface area (TPSA) is 12.0 Å². The molecule has 0 radical (unpaired) electrons. The zero-order chi connectivity index (χ0) is 14.0. The van der Waals surface area contributed by atoms with Crippen LogP contribution in [-0.2, 0) is 11.6 Å². The lowest BCUT2D eigenvalue weighted by Gasteiger charge is -2.25. The molecule has 0 saturated carbocycles. The first-order chi connectivity index (χ1) is 8.18. The smallest absolute Gasteiger partial charge is 0.320 e. The van der Waals surface area contributed by atoms with Gasteiger partial charge in [0.05, 0.1) is 5.56 Å². The monoisotopic (exact) mass is 263 g/mol. The summed E-state index contributed by atoms with van der Waals surface area (Å²) in [5, 5.41) is 2.97. The molecule has 0 spiro atoms. The molecule has 1 rings (SSSR count). The first kappa shape index (κ1) is 15.0. The summed E-state index contributed by atoms with van der Waals surface area (Å²) in [5.41, 5.74) is -1.01. The lowest BCUT2D eigenvalue weighted by molar-refractivity contribution is -0.140. The van der Waals surface area contributed by atoms with E-state index in [0.717, 1.165) is 18.7 Å². The van der Waals surface area contributed by atoms with Crippen LogP contribution in [0.1, 0.15) is 31.4 Å². The number of rotatable bonds is 4. The number of hydrogen-bond acceptors (Lipinski definition) is 1. The van der Waals surface area contributed by atoms with Crippen molar-refractivity contribution in [2.75, 3.05) is 13.6 Å².